The van der Waals surface area contributed by atoms with Gasteiger partial charge in [0.05, 0.1) is 19.2 Å². The molecule has 2 N–H and O–H groups in total. The van der Waals surface area contributed by atoms with Gasteiger partial charge in [-0.25, -0.2) is 0 Å². The highest BCUT2D eigenvalue weighted by Gasteiger charge is 2.21. The summed E-state index contributed by atoms with van der Waals surface area (Å²) in [5, 5.41) is 14.3. The number of benzene rings is 1. The maximum Gasteiger partial charge on any atom is 0.202 e. The number of halogens is 1. The average molecular weight is 384 g/mol. The first-order valence-electron chi connectivity index (χ1n) is 7.46. The Kier molecular flexibility index (Phi) is 4.77. The summed E-state index contributed by atoms with van der Waals surface area (Å²) >= 11 is 9.02. The zero-order valence-corrected chi connectivity index (χ0v) is 14.9. The van der Waals surface area contributed by atoms with E-state index >= 15 is 0 Å². The second kappa shape index (κ2) is 6.62. The number of piperidine rings is 1. The van der Waals surface area contributed by atoms with Crippen LogP contribution in [0, 0.1) is 4.77 Å². The van der Waals surface area contributed by atoms with Gasteiger partial charge in [0.2, 0.25) is 4.77 Å². The number of nitrogens with one attached hydrogen (secondary N) is 1. The molecule has 118 valence electrons. The fourth-order valence-corrected chi connectivity index (χ4v) is 3.44. The highest BCUT2D eigenvalue weighted by molar-refractivity contribution is 9.10. The quantitative estimate of drug-likeness (QED) is 0.787. The van der Waals surface area contributed by atoms with Gasteiger partial charge in [-0.2, -0.15) is 4.68 Å². The monoisotopic (exact) mass is 383 g/mol. The Morgan fingerprint density at radius 3 is 2.82 bits per heavy atom. The Labute approximate surface area is 143 Å². The van der Waals surface area contributed by atoms with Crippen LogP contribution in [0.4, 0.5) is 0 Å². The van der Waals surface area contributed by atoms with E-state index in [9.17, 15) is 5.11 Å². The third kappa shape index (κ3) is 3.32. The maximum atomic E-state index is 9.61. The van der Waals surface area contributed by atoms with Gasteiger partial charge in [-0.15, -0.1) is 5.10 Å². The van der Waals surface area contributed by atoms with Gasteiger partial charge in [-0.3, -0.25) is 0 Å². The minimum atomic E-state index is -0.141. The number of quaternary nitrogens is 1. The largest absolute Gasteiger partial charge is 0.393 e. The number of hydrogen-bond acceptors (Lipinski definition) is 3. The molecule has 0 aliphatic carbocycles. The normalized spacial score (nSPS) is 22.0. The predicted octanol–water partition coefficient (Wildman–Crippen LogP) is 1.38. The van der Waals surface area contributed by atoms with Crippen molar-refractivity contribution in [3.8, 4) is 11.4 Å². The molecule has 0 atom stereocenters. The number of likely N-dealkylation sites (tertiary alicyclic amines) is 1. The van der Waals surface area contributed by atoms with Crippen molar-refractivity contribution in [3.05, 3.63) is 33.5 Å². The minimum Gasteiger partial charge on any atom is -0.393 e. The summed E-state index contributed by atoms with van der Waals surface area (Å²) in [5.41, 5.74) is 1.05. The smallest absolute Gasteiger partial charge is 0.202 e. The molecule has 3 rings (SSSR count). The first-order valence-corrected chi connectivity index (χ1v) is 8.66. The van der Waals surface area contributed by atoms with Crippen LogP contribution in [0.1, 0.15) is 12.8 Å². The summed E-state index contributed by atoms with van der Waals surface area (Å²) in [7, 11) is 1.96. The van der Waals surface area contributed by atoms with E-state index in [4.69, 9.17) is 17.3 Å². The minimum absolute atomic E-state index is 0.141. The Morgan fingerprint density at radius 1 is 1.41 bits per heavy atom. The van der Waals surface area contributed by atoms with Crippen molar-refractivity contribution in [2.24, 2.45) is 7.05 Å². The Hall–Kier alpha value is -1.02. The molecule has 2 heterocycles. The standard InChI is InChI=1S/C15H19BrN4OS/c1-18-14(11-3-2-4-12(16)9-11)17-20(15(18)22)10-19-7-5-13(21)6-8-19/h2-4,9,13,21H,5-8,10H2,1H3/p+1. The van der Waals surface area contributed by atoms with E-state index in [0.717, 1.165) is 53.2 Å². The fraction of sp³-hybridized carbons (Fsp3) is 0.467. The lowest BCUT2D eigenvalue weighted by molar-refractivity contribution is -0.929. The van der Waals surface area contributed by atoms with Gasteiger partial charge in [0, 0.05) is 29.9 Å². The SMILES string of the molecule is Cn1c(-c2cccc(Br)c2)nn(C[NH+]2CCC(O)CC2)c1=S. The van der Waals surface area contributed by atoms with Crippen LogP contribution in [0.3, 0.4) is 0 Å². The van der Waals surface area contributed by atoms with E-state index in [2.05, 4.69) is 15.9 Å². The molecule has 0 bridgehead atoms. The lowest BCUT2D eigenvalue weighted by atomic mass is 10.1. The fourth-order valence-electron chi connectivity index (χ4n) is 2.85. The predicted molar refractivity (Wildman–Crippen MR) is 91.1 cm³/mol. The number of aliphatic hydroxyl groups is 1. The first-order chi connectivity index (χ1) is 10.5. The number of hydrogen-bond donors (Lipinski definition) is 2. The molecule has 0 radical (unpaired) electrons. The van der Waals surface area contributed by atoms with Gasteiger partial charge < -0.3 is 14.6 Å². The Bertz CT molecular complexity index is 719. The van der Waals surface area contributed by atoms with Crippen LogP contribution in [-0.2, 0) is 13.7 Å². The van der Waals surface area contributed by atoms with Gasteiger partial charge in [0.25, 0.3) is 0 Å². The molecule has 22 heavy (non-hydrogen) atoms. The Balaban J connectivity index is 1.85. The summed E-state index contributed by atoms with van der Waals surface area (Å²) in [6.07, 6.45) is 1.57. The molecule has 2 aromatic rings. The van der Waals surface area contributed by atoms with Crippen LogP contribution >= 0.6 is 28.1 Å². The topological polar surface area (TPSA) is 47.4 Å². The van der Waals surface area contributed by atoms with Crippen LogP contribution in [-0.4, -0.2) is 38.6 Å². The molecule has 1 aliphatic rings. The van der Waals surface area contributed by atoms with Gasteiger partial charge in [0.15, 0.2) is 12.5 Å². The molecule has 1 aromatic carbocycles. The van der Waals surface area contributed by atoms with Crippen LogP contribution < -0.4 is 4.90 Å². The van der Waals surface area contributed by atoms with E-state index in [-0.39, 0.29) is 6.10 Å². The number of nitrogens with zero attached hydrogens (tertiary/aromatic N) is 3. The maximum absolute atomic E-state index is 9.61. The molecule has 0 amide bonds. The van der Waals surface area contributed by atoms with E-state index in [1.807, 2.05) is 40.6 Å². The molecule has 0 saturated carbocycles. The van der Waals surface area contributed by atoms with Gasteiger partial charge >= 0.3 is 0 Å². The van der Waals surface area contributed by atoms with Crippen molar-refractivity contribution in [1.82, 2.24) is 14.3 Å². The van der Waals surface area contributed by atoms with Crippen molar-refractivity contribution in [3.63, 3.8) is 0 Å². The molecular weight excluding hydrogens is 364 g/mol. The Morgan fingerprint density at radius 2 is 2.14 bits per heavy atom. The van der Waals surface area contributed by atoms with E-state index in [1.54, 1.807) is 0 Å². The molecule has 1 aromatic heterocycles. The summed E-state index contributed by atoms with van der Waals surface area (Å²) in [6, 6.07) is 8.08. The lowest BCUT2D eigenvalue weighted by Crippen LogP contribution is -3.12. The summed E-state index contributed by atoms with van der Waals surface area (Å²) < 4.78 is 5.61. The van der Waals surface area contributed by atoms with Crippen molar-refractivity contribution in [1.29, 1.82) is 0 Å². The van der Waals surface area contributed by atoms with Crippen molar-refractivity contribution in [2.75, 3.05) is 13.1 Å². The molecule has 0 unspecified atom stereocenters. The summed E-state index contributed by atoms with van der Waals surface area (Å²) in [5.74, 6) is 0.878. The van der Waals surface area contributed by atoms with Crippen molar-refractivity contribution >= 4 is 28.1 Å². The molecule has 0 spiro atoms. The van der Waals surface area contributed by atoms with Crippen molar-refractivity contribution in [2.45, 2.75) is 25.6 Å². The molecular formula is C15H20BrN4OS+. The molecule has 1 fully saturated rings. The third-order valence-electron chi connectivity index (χ3n) is 4.16. The van der Waals surface area contributed by atoms with Crippen LogP contribution in [0.2, 0.25) is 0 Å². The van der Waals surface area contributed by atoms with E-state index in [0.29, 0.717) is 0 Å². The lowest BCUT2D eigenvalue weighted by Gasteiger charge is -2.26. The van der Waals surface area contributed by atoms with E-state index < -0.39 is 0 Å². The van der Waals surface area contributed by atoms with Gasteiger partial charge in [0.1, 0.15) is 0 Å². The molecule has 1 aliphatic heterocycles. The number of aromatic nitrogens is 3. The summed E-state index contributed by atoms with van der Waals surface area (Å²) in [6.45, 7) is 2.69. The second-order valence-corrected chi connectivity index (χ2v) is 7.10. The number of aliphatic hydroxyl groups excluding tert-OH is 1. The molecule has 5 nitrogen and oxygen atoms in total. The average Bonchev–Trinajstić information content (AvgIpc) is 2.78. The first kappa shape index (κ1) is 15.9. The molecule has 1 saturated heterocycles. The zero-order chi connectivity index (χ0) is 15.7. The molecule has 7 heteroatoms. The highest BCUT2D eigenvalue weighted by Crippen LogP contribution is 2.21. The van der Waals surface area contributed by atoms with E-state index in [1.165, 1.54) is 4.90 Å². The van der Waals surface area contributed by atoms with Crippen LogP contribution in [0.25, 0.3) is 11.4 Å². The highest BCUT2D eigenvalue weighted by atomic mass is 79.9. The van der Waals surface area contributed by atoms with Crippen molar-refractivity contribution < 1.29 is 10.0 Å². The second-order valence-electron chi connectivity index (χ2n) is 5.81. The van der Waals surface area contributed by atoms with Gasteiger partial charge in [-0.05, 0) is 24.4 Å². The summed E-state index contributed by atoms with van der Waals surface area (Å²) in [4.78, 5) is 1.42. The van der Waals surface area contributed by atoms with Gasteiger partial charge in [-0.1, -0.05) is 28.1 Å². The third-order valence-corrected chi connectivity index (χ3v) is 5.14. The van der Waals surface area contributed by atoms with Crippen LogP contribution in [0.5, 0.6) is 0 Å². The van der Waals surface area contributed by atoms with Crippen LogP contribution in [0.15, 0.2) is 28.7 Å². The zero-order valence-electron chi connectivity index (χ0n) is 12.5. The number of rotatable bonds is 3.